The first-order valence-electron chi connectivity index (χ1n) is 7.93. The van der Waals surface area contributed by atoms with Crippen molar-refractivity contribution in [3.63, 3.8) is 0 Å². The van der Waals surface area contributed by atoms with Crippen LogP contribution < -0.4 is 0 Å². The quantitative estimate of drug-likeness (QED) is 0.677. The van der Waals surface area contributed by atoms with Crippen molar-refractivity contribution in [2.75, 3.05) is 6.61 Å². The first-order valence-corrected chi connectivity index (χ1v) is 7.93. The van der Waals surface area contributed by atoms with E-state index in [9.17, 15) is 13.6 Å². The van der Waals surface area contributed by atoms with Crippen LogP contribution in [0.15, 0.2) is 30.3 Å². The monoisotopic (exact) mass is 308 g/mol. The van der Waals surface area contributed by atoms with E-state index in [0.29, 0.717) is 30.1 Å². The number of rotatable bonds is 5. The van der Waals surface area contributed by atoms with Crippen LogP contribution in [0, 0.1) is 5.92 Å². The van der Waals surface area contributed by atoms with Gasteiger partial charge in [-0.1, -0.05) is 44.2 Å². The van der Waals surface area contributed by atoms with Crippen LogP contribution in [0.4, 0.5) is 8.78 Å². The zero-order valence-corrected chi connectivity index (χ0v) is 12.9. The Hall–Kier alpha value is -1.71. The summed E-state index contributed by atoms with van der Waals surface area (Å²) in [5.41, 5.74) is 1.00. The standard InChI is InChI=1S/C18H22F2O2/c1-2-22-18(21)15-10-8-14(9-11-15)16(17(19)20)12-13-6-4-3-5-7-13/h8-11,13H,2-7,12H2,1H3. The molecule has 2 nitrogen and oxygen atoms in total. The number of ether oxygens (including phenoxy) is 1. The molecule has 0 aromatic heterocycles. The Labute approximate surface area is 130 Å². The van der Waals surface area contributed by atoms with Gasteiger partial charge in [-0.05, 0) is 37.0 Å². The minimum absolute atomic E-state index is 0.113. The van der Waals surface area contributed by atoms with E-state index in [2.05, 4.69) is 0 Å². The molecule has 0 spiro atoms. The van der Waals surface area contributed by atoms with Crippen molar-refractivity contribution in [3.05, 3.63) is 41.5 Å². The van der Waals surface area contributed by atoms with E-state index >= 15 is 0 Å². The Balaban J connectivity index is 2.12. The molecule has 0 radical (unpaired) electrons. The Morgan fingerprint density at radius 2 is 1.68 bits per heavy atom. The van der Waals surface area contributed by atoms with Crippen molar-refractivity contribution in [1.82, 2.24) is 0 Å². The highest BCUT2D eigenvalue weighted by atomic mass is 19.3. The fourth-order valence-corrected chi connectivity index (χ4v) is 3.01. The first-order chi connectivity index (χ1) is 10.6. The zero-order chi connectivity index (χ0) is 15.9. The van der Waals surface area contributed by atoms with Crippen LogP contribution in [0.1, 0.15) is 61.4 Å². The van der Waals surface area contributed by atoms with E-state index in [0.717, 1.165) is 25.7 Å². The zero-order valence-electron chi connectivity index (χ0n) is 12.9. The summed E-state index contributed by atoms with van der Waals surface area (Å²) in [6.07, 6.45) is 4.33. The molecule has 4 heteroatoms. The molecule has 120 valence electrons. The number of hydrogen-bond acceptors (Lipinski definition) is 2. The molecule has 0 N–H and O–H groups in total. The molecule has 0 bridgehead atoms. The van der Waals surface area contributed by atoms with Crippen molar-refractivity contribution in [3.8, 4) is 0 Å². The predicted octanol–water partition coefficient (Wildman–Crippen LogP) is 5.44. The molecule has 1 saturated carbocycles. The van der Waals surface area contributed by atoms with Gasteiger partial charge in [-0.3, -0.25) is 0 Å². The summed E-state index contributed by atoms with van der Waals surface area (Å²) in [6.45, 7) is 2.03. The lowest BCUT2D eigenvalue weighted by Crippen LogP contribution is -2.08. The average Bonchev–Trinajstić information content (AvgIpc) is 2.54. The highest BCUT2D eigenvalue weighted by Crippen LogP contribution is 2.34. The highest BCUT2D eigenvalue weighted by molar-refractivity contribution is 5.89. The number of carbonyl (C=O) groups excluding carboxylic acids is 1. The van der Waals surface area contributed by atoms with Gasteiger partial charge in [0, 0.05) is 5.57 Å². The Morgan fingerprint density at radius 1 is 1.09 bits per heavy atom. The summed E-state index contributed by atoms with van der Waals surface area (Å²) in [4.78, 5) is 11.6. The molecule has 1 aliphatic rings. The van der Waals surface area contributed by atoms with Gasteiger partial charge in [0.1, 0.15) is 0 Å². The Morgan fingerprint density at radius 3 is 2.23 bits per heavy atom. The summed E-state index contributed by atoms with van der Waals surface area (Å²) in [7, 11) is 0. The van der Waals surface area contributed by atoms with Crippen molar-refractivity contribution in [2.45, 2.75) is 45.4 Å². The summed E-state index contributed by atoms with van der Waals surface area (Å²) in [5, 5.41) is 0. The fourth-order valence-electron chi connectivity index (χ4n) is 3.01. The second kappa shape index (κ2) is 8.06. The largest absolute Gasteiger partial charge is 0.462 e. The molecule has 0 atom stereocenters. The van der Waals surface area contributed by atoms with Crippen LogP contribution in [0.5, 0.6) is 0 Å². The van der Waals surface area contributed by atoms with Crippen LogP contribution in [0.3, 0.4) is 0 Å². The van der Waals surface area contributed by atoms with Crippen LogP contribution in [0.2, 0.25) is 0 Å². The maximum absolute atomic E-state index is 13.3. The van der Waals surface area contributed by atoms with Crippen molar-refractivity contribution in [2.24, 2.45) is 5.92 Å². The molecular weight excluding hydrogens is 286 g/mol. The number of hydrogen-bond donors (Lipinski definition) is 0. The lowest BCUT2D eigenvalue weighted by atomic mass is 9.83. The number of benzene rings is 1. The number of allylic oxidation sites excluding steroid dienone is 1. The van der Waals surface area contributed by atoms with Crippen LogP contribution in [0.25, 0.3) is 5.57 Å². The van der Waals surface area contributed by atoms with E-state index in [4.69, 9.17) is 4.74 Å². The third kappa shape index (κ3) is 4.39. The smallest absolute Gasteiger partial charge is 0.338 e. The van der Waals surface area contributed by atoms with Gasteiger partial charge in [-0.15, -0.1) is 0 Å². The molecule has 1 fully saturated rings. The third-order valence-electron chi connectivity index (χ3n) is 4.19. The molecule has 1 aromatic rings. The molecule has 0 saturated heterocycles. The van der Waals surface area contributed by atoms with Crippen molar-refractivity contribution in [1.29, 1.82) is 0 Å². The predicted molar refractivity (Wildman–Crippen MR) is 82.7 cm³/mol. The Bertz CT molecular complexity index is 525. The van der Waals surface area contributed by atoms with E-state index in [1.807, 2.05) is 0 Å². The molecule has 22 heavy (non-hydrogen) atoms. The van der Waals surface area contributed by atoms with E-state index in [1.54, 1.807) is 31.2 Å². The van der Waals surface area contributed by atoms with E-state index in [1.165, 1.54) is 6.42 Å². The lowest BCUT2D eigenvalue weighted by Gasteiger charge is -2.22. The van der Waals surface area contributed by atoms with Gasteiger partial charge in [0.25, 0.3) is 6.08 Å². The van der Waals surface area contributed by atoms with Gasteiger partial charge in [0.2, 0.25) is 0 Å². The summed E-state index contributed by atoms with van der Waals surface area (Å²) in [6, 6.07) is 6.28. The van der Waals surface area contributed by atoms with E-state index < -0.39 is 12.0 Å². The fraction of sp³-hybridized carbons (Fsp3) is 0.500. The normalized spacial score (nSPS) is 15.4. The third-order valence-corrected chi connectivity index (χ3v) is 4.19. The van der Waals surface area contributed by atoms with Crippen LogP contribution in [-0.2, 0) is 4.74 Å². The maximum atomic E-state index is 13.3. The molecule has 0 amide bonds. The van der Waals surface area contributed by atoms with E-state index in [-0.39, 0.29) is 5.57 Å². The SMILES string of the molecule is CCOC(=O)c1ccc(C(CC2CCCCC2)=C(F)F)cc1. The highest BCUT2D eigenvalue weighted by Gasteiger charge is 2.19. The number of carbonyl (C=O) groups is 1. The van der Waals surface area contributed by atoms with Gasteiger partial charge < -0.3 is 4.74 Å². The topological polar surface area (TPSA) is 26.3 Å². The van der Waals surface area contributed by atoms with Gasteiger partial charge in [0.15, 0.2) is 0 Å². The number of esters is 1. The maximum Gasteiger partial charge on any atom is 0.338 e. The Kier molecular flexibility index (Phi) is 6.10. The molecule has 2 rings (SSSR count). The number of halogens is 2. The molecule has 0 heterocycles. The second-order valence-electron chi connectivity index (χ2n) is 5.74. The van der Waals surface area contributed by atoms with Gasteiger partial charge >= 0.3 is 5.97 Å². The van der Waals surface area contributed by atoms with Crippen molar-refractivity contribution >= 4 is 11.5 Å². The minimum atomic E-state index is -1.62. The molecule has 1 aliphatic carbocycles. The summed E-state index contributed by atoms with van der Waals surface area (Å²) < 4.78 is 31.5. The molecular formula is C18H22F2O2. The van der Waals surface area contributed by atoms with Crippen molar-refractivity contribution < 1.29 is 18.3 Å². The van der Waals surface area contributed by atoms with Gasteiger partial charge in [0.05, 0.1) is 12.2 Å². The summed E-state index contributed by atoms with van der Waals surface area (Å²) >= 11 is 0. The van der Waals surface area contributed by atoms with Gasteiger partial charge in [-0.2, -0.15) is 8.78 Å². The molecule has 1 aromatic carbocycles. The minimum Gasteiger partial charge on any atom is -0.462 e. The van der Waals surface area contributed by atoms with Crippen LogP contribution >= 0.6 is 0 Å². The second-order valence-corrected chi connectivity index (χ2v) is 5.74. The average molecular weight is 308 g/mol. The lowest BCUT2D eigenvalue weighted by molar-refractivity contribution is 0.0526. The molecule has 0 unspecified atom stereocenters. The van der Waals surface area contributed by atoms with Crippen LogP contribution in [-0.4, -0.2) is 12.6 Å². The van der Waals surface area contributed by atoms with Gasteiger partial charge in [-0.25, -0.2) is 4.79 Å². The molecule has 0 aliphatic heterocycles. The first kappa shape index (κ1) is 16.7. The summed E-state index contributed by atoms with van der Waals surface area (Å²) in [5.74, 6) is -0.0810.